The molecule has 0 amide bonds. The Morgan fingerprint density at radius 2 is 2.47 bits per heavy atom. The maximum absolute atomic E-state index is 12.1. The number of methoxy groups -OCH3 is 1. The van der Waals surface area contributed by atoms with Crippen molar-refractivity contribution in [1.82, 2.24) is 0 Å². The molecule has 0 aliphatic carbocycles. The number of carbonyl (C=O) groups is 1. The van der Waals surface area contributed by atoms with E-state index in [0.29, 0.717) is 12.4 Å². The third kappa shape index (κ3) is 2.06. The molecule has 82 valence electrons. The number of rotatable bonds is 3. The molecule has 2 heterocycles. The molecule has 1 aliphatic rings. The summed E-state index contributed by atoms with van der Waals surface area (Å²) < 4.78 is 10.5. The monoisotopic (exact) mass is 226 g/mol. The van der Waals surface area contributed by atoms with Crippen LogP contribution in [-0.2, 0) is 4.74 Å². The van der Waals surface area contributed by atoms with Gasteiger partial charge in [-0.1, -0.05) is 0 Å². The summed E-state index contributed by atoms with van der Waals surface area (Å²) in [5.41, 5.74) is 0. The topological polar surface area (TPSA) is 35.5 Å². The van der Waals surface area contributed by atoms with Gasteiger partial charge < -0.3 is 9.47 Å². The maximum atomic E-state index is 12.1. The van der Waals surface area contributed by atoms with Crippen molar-refractivity contribution in [1.29, 1.82) is 0 Å². The van der Waals surface area contributed by atoms with Crippen molar-refractivity contribution >= 4 is 17.1 Å². The zero-order chi connectivity index (χ0) is 10.8. The first-order valence-corrected chi connectivity index (χ1v) is 5.87. The maximum Gasteiger partial charge on any atom is 0.182 e. The molecule has 4 heteroatoms. The fourth-order valence-electron chi connectivity index (χ4n) is 1.82. The van der Waals surface area contributed by atoms with Crippen molar-refractivity contribution in [3.63, 3.8) is 0 Å². The molecule has 2 atom stereocenters. The van der Waals surface area contributed by atoms with Crippen LogP contribution in [0.25, 0.3) is 0 Å². The van der Waals surface area contributed by atoms with Gasteiger partial charge in [0.1, 0.15) is 10.6 Å². The lowest BCUT2D eigenvalue weighted by atomic mass is 10.00. The fourth-order valence-corrected chi connectivity index (χ4v) is 2.70. The van der Waals surface area contributed by atoms with E-state index in [0.717, 1.165) is 11.3 Å². The highest BCUT2D eigenvalue weighted by molar-refractivity contribution is 7.12. The van der Waals surface area contributed by atoms with Crippen molar-refractivity contribution in [3.05, 3.63) is 16.3 Å². The van der Waals surface area contributed by atoms with E-state index >= 15 is 0 Å². The number of Topliss-reactive ketones (excluding diaryl/α,β-unsaturated/α-hetero) is 1. The normalized spacial score (nSPS) is 25.5. The number of ether oxygens (including phenoxy) is 2. The average molecular weight is 226 g/mol. The van der Waals surface area contributed by atoms with Crippen LogP contribution in [0.2, 0.25) is 0 Å². The van der Waals surface area contributed by atoms with Gasteiger partial charge in [0.25, 0.3) is 0 Å². The Labute approximate surface area is 93.0 Å². The molecular weight excluding hydrogens is 212 g/mol. The fraction of sp³-hybridized carbons (Fsp3) is 0.545. The van der Waals surface area contributed by atoms with Gasteiger partial charge in [0.05, 0.1) is 19.8 Å². The van der Waals surface area contributed by atoms with Gasteiger partial charge in [-0.2, -0.15) is 0 Å². The van der Waals surface area contributed by atoms with Crippen LogP contribution >= 0.6 is 11.3 Å². The first kappa shape index (κ1) is 10.6. The first-order valence-electron chi connectivity index (χ1n) is 4.99. The molecule has 0 aromatic carbocycles. The SMILES string of the molecule is COc1ccsc1C(=O)C1COC(C)C1. The summed E-state index contributed by atoms with van der Waals surface area (Å²) in [5.74, 6) is 0.850. The van der Waals surface area contributed by atoms with Crippen molar-refractivity contribution < 1.29 is 14.3 Å². The number of carbonyl (C=O) groups excluding carboxylic acids is 1. The quantitative estimate of drug-likeness (QED) is 0.742. The molecule has 2 unspecified atom stereocenters. The second-order valence-electron chi connectivity index (χ2n) is 3.76. The largest absolute Gasteiger partial charge is 0.495 e. The van der Waals surface area contributed by atoms with E-state index < -0.39 is 0 Å². The van der Waals surface area contributed by atoms with E-state index in [2.05, 4.69) is 0 Å². The molecule has 0 N–H and O–H groups in total. The molecule has 0 saturated carbocycles. The lowest BCUT2D eigenvalue weighted by molar-refractivity contribution is 0.0879. The number of ketones is 1. The summed E-state index contributed by atoms with van der Waals surface area (Å²) in [6.45, 7) is 2.54. The van der Waals surface area contributed by atoms with Gasteiger partial charge >= 0.3 is 0 Å². The minimum atomic E-state index is 0.00699. The van der Waals surface area contributed by atoms with Gasteiger partial charge in [-0.05, 0) is 24.8 Å². The molecule has 2 rings (SSSR count). The second-order valence-corrected chi connectivity index (χ2v) is 4.68. The summed E-state index contributed by atoms with van der Waals surface area (Å²) in [6.07, 6.45) is 1.02. The van der Waals surface area contributed by atoms with Crippen molar-refractivity contribution in [2.24, 2.45) is 5.92 Å². The van der Waals surface area contributed by atoms with Gasteiger partial charge in [-0.25, -0.2) is 0 Å². The third-order valence-electron chi connectivity index (χ3n) is 2.64. The van der Waals surface area contributed by atoms with E-state index in [-0.39, 0.29) is 17.8 Å². The molecule has 0 bridgehead atoms. The third-order valence-corrected chi connectivity index (χ3v) is 3.55. The van der Waals surface area contributed by atoms with Crippen LogP contribution in [0.3, 0.4) is 0 Å². The zero-order valence-electron chi connectivity index (χ0n) is 8.86. The highest BCUT2D eigenvalue weighted by atomic mass is 32.1. The summed E-state index contributed by atoms with van der Waals surface area (Å²) in [7, 11) is 1.59. The highest BCUT2D eigenvalue weighted by Crippen LogP contribution is 2.31. The molecular formula is C11H14O3S. The Hall–Kier alpha value is -0.870. The molecule has 15 heavy (non-hydrogen) atoms. The first-order chi connectivity index (χ1) is 7.22. The number of thiophene rings is 1. The Balaban J connectivity index is 2.14. The summed E-state index contributed by atoms with van der Waals surface area (Å²) in [5, 5.41) is 1.88. The van der Waals surface area contributed by atoms with E-state index in [1.54, 1.807) is 7.11 Å². The predicted octanol–water partition coefficient (Wildman–Crippen LogP) is 2.36. The summed E-state index contributed by atoms with van der Waals surface area (Å²) in [6, 6.07) is 1.83. The predicted molar refractivity (Wildman–Crippen MR) is 58.7 cm³/mol. The Morgan fingerprint density at radius 1 is 1.67 bits per heavy atom. The van der Waals surface area contributed by atoms with Gasteiger partial charge in [-0.15, -0.1) is 11.3 Å². The van der Waals surface area contributed by atoms with Crippen LogP contribution in [-0.4, -0.2) is 25.6 Å². The van der Waals surface area contributed by atoms with Gasteiger partial charge in [0.2, 0.25) is 0 Å². The minimum Gasteiger partial charge on any atom is -0.495 e. The van der Waals surface area contributed by atoms with Crippen LogP contribution in [0.5, 0.6) is 5.75 Å². The summed E-state index contributed by atoms with van der Waals surface area (Å²) >= 11 is 1.44. The Morgan fingerprint density at radius 3 is 3.07 bits per heavy atom. The molecule has 3 nitrogen and oxygen atoms in total. The van der Waals surface area contributed by atoms with Crippen LogP contribution in [0.4, 0.5) is 0 Å². The van der Waals surface area contributed by atoms with Crippen molar-refractivity contribution in [2.75, 3.05) is 13.7 Å². The van der Waals surface area contributed by atoms with Crippen molar-refractivity contribution in [3.8, 4) is 5.75 Å². The molecule has 0 radical (unpaired) electrons. The van der Waals surface area contributed by atoms with Gasteiger partial charge in [0, 0.05) is 5.92 Å². The lowest BCUT2D eigenvalue weighted by Gasteiger charge is -2.06. The zero-order valence-corrected chi connectivity index (χ0v) is 9.67. The van der Waals surface area contributed by atoms with E-state index in [1.165, 1.54) is 11.3 Å². The number of hydrogen-bond acceptors (Lipinski definition) is 4. The van der Waals surface area contributed by atoms with Crippen LogP contribution in [0.1, 0.15) is 23.0 Å². The van der Waals surface area contributed by atoms with Crippen LogP contribution in [0.15, 0.2) is 11.4 Å². The van der Waals surface area contributed by atoms with Crippen LogP contribution < -0.4 is 4.74 Å². The Bertz CT molecular complexity index is 358. The molecule has 1 aliphatic heterocycles. The second kappa shape index (κ2) is 4.33. The highest BCUT2D eigenvalue weighted by Gasteiger charge is 2.31. The van der Waals surface area contributed by atoms with E-state index in [9.17, 15) is 4.79 Å². The molecule has 1 saturated heterocycles. The minimum absolute atomic E-state index is 0.00699. The van der Waals surface area contributed by atoms with E-state index in [1.807, 2.05) is 18.4 Å². The smallest absolute Gasteiger partial charge is 0.182 e. The molecule has 0 spiro atoms. The van der Waals surface area contributed by atoms with Crippen LogP contribution in [0, 0.1) is 5.92 Å². The van der Waals surface area contributed by atoms with Gasteiger partial charge in [0.15, 0.2) is 5.78 Å². The summed E-state index contributed by atoms with van der Waals surface area (Å²) in [4.78, 5) is 12.8. The standard InChI is InChI=1S/C11H14O3S/c1-7-5-8(6-14-7)10(12)11-9(13-2)3-4-15-11/h3-4,7-8H,5-6H2,1-2H3. The molecule has 1 aromatic rings. The molecule has 1 fully saturated rings. The lowest BCUT2D eigenvalue weighted by Crippen LogP contribution is -2.14. The Kier molecular flexibility index (Phi) is 3.07. The van der Waals surface area contributed by atoms with E-state index in [4.69, 9.17) is 9.47 Å². The molecule has 1 aromatic heterocycles. The van der Waals surface area contributed by atoms with Gasteiger partial charge in [-0.3, -0.25) is 4.79 Å². The average Bonchev–Trinajstić information content (AvgIpc) is 2.84. The van der Waals surface area contributed by atoms with Crippen molar-refractivity contribution in [2.45, 2.75) is 19.4 Å². The number of hydrogen-bond donors (Lipinski definition) is 0.